The predicted octanol–water partition coefficient (Wildman–Crippen LogP) is 2.85. The number of nitrogens with zero attached hydrogens (tertiary/aromatic N) is 4. The van der Waals surface area contributed by atoms with Crippen LogP contribution in [0.1, 0.15) is 12.8 Å². The van der Waals surface area contributed by atoms with Gasteiger partial charge in [0, 0.05) is 19.3 Å². The molecule has 1 atom stereocenters. The van der Waals surface area contributed by atoms with E-state index in [1.165, 1.54) is 6.33 Å². The second-order valence-corrected chi connectivity index (χ2v) is 6.15. The zero-order chi connectivity index (χ0) is 15.5. The Morgan fingerprint density at radius 3 is 3.22 bits per heavy atom. The third kappa shape index (κ3) is 3.08. The van der Waals surface area contributed by atoms with Crippen LogP contribution in [0.2, 0.25) is 0 Å². The molecule has 7 nitrogen and oxygen atoms in total. The first-order valence-electron chi connectivity index (χ1n) is 7.43. The summed E-state index contributed by atoms with van der Waals surface area (Å²) in [7, 11) is 0. The highest BCUT2D eigenvalue weighted by Crippen LogP contribution is 2.28. The van der Waals surface area contributed by atoms with Crippen LogP contribution in [0.5, 0.6) is 0 Å². The first-order chi connectivity index (χ1) is 11.4. The van der Waals surface area contributed by atoms with Crippen LogP contribution in [-0.2, 0) is 4.74 Å². The van der Waals surface area contributed by atoms with Crippen molar-refractivity contribution < 1.29 is 9.26 Å². The van der Waals surface area contributed by atoms with E-state index in [1.807, 2.05) is 17.5 Å². The topological polar surface area (TPSA) is 86.0 Å². The Kier molecular flexibility index (Phi) is 3.99. The quantitative estimate of drug-likeness (QED) is 0.770. The minimum atomic E-state index is 0.224. The predicted molar refractivity (Wildman–Crippen MR) is 86.1 cm³/mol. The lowest BCUT2D eigenvalue weighted by Gasteiger charge is -2.12. The number of anilines is 1. The molecule has 1 aliphatic heterocycles. The molecule has 118 valence electrons. The maximum Gasteiger partial charge on any atom is 0.263 e. The number of rotatable bonds is 5. The number of ether oxygens (including phenoxy) is 1. The Morgan fingerprint density at radius 2 is 2.39 bits per heavy atom. The monoisotopic (exact) mass is 329 g/mol. The molecule has 0 saturated carbocycles. The lowest BCUT2D eigenvalue weighted by molar-refractivity contribution is 0.120. The van der Waals surface area contributed by atoms with Crippen LogP contribution in [0.3, 0.4) is 0 Å². The largest absolute Gasteiger partial charge is 0.376 e. The summed E-state index contributed by atoms with van der Waals surface area (Å²) in [5, 5.41) is 9.30. The highest BCUT2D eigenvalue weighted by molar-refractivity contribution is 7.13. The molecule has 4 heterocycles. The maximum atomic E-state index is 5.62. The van der Waals surface area contributed by atoms with Gasteiger partial charge in [-0.25, -0.2) is 9.97 Å². The lowest BCUT2D eigenvalue weighted by atomic mass is 10.2. The molecule has 1 aliphatic rings. The van der Waals surface area contributed by atoms with Crippen LogP contribution < -0.4 is 5.32 Å². The Bertz CT molecular complexity index is 768. The number of thiophene rings is 1. The number of hydrogen-bond acceptors (Lipinski definition) is 8. The van der Waals surface area contributed by atoms with E-state index in [1.54, 1.807) is 17.5 Å². The molecule has 0 amide bonds. The molecule has 0 bridgehead atoms. The van der Waals surface area contributed by atoms with Gasteiger partial charge in [-0.05, 0) is 24.3 Å². The van der Waals surface area contributed by atoms with Gasteiger partial charge in [0.1, 0.15) is 17.7 Å². The molecule has 8 heteroatoms. The van der Waals surface area contributed by atoms with Gasteiger partial charge in [-0.3, -0.25) is 0 Å². The van der Waals surface area contributed by atoms with Crippen LogP contribution in [0, 0.1) is 0 Å². The van der Waals surface area contributed by atoms with Crippen molar-refractivity contribution in [2.75, 3.05) is 18.5 Å². The van der Waals surface area contributed by atoms with Gasteiger partial charge in [0.2, 0.25) is 5.82 Å². The minimum absolute atomic E-state index is 0.224. The lowest BCUT2D eigenvalue weighted by Crippen LogP contribution is -2.19. The number of nitrogens with one attached hydrogen (secondary N) is 1. The number of hydrogen-bond donors (Lipinski definition) is 1. The van der Waals surface area contributed by atoms with Crippen molar-refractivity contribution in [1.29, 1.82) is 0 Å². The molecule has 0 aromatic carbocycles. The summed E-state index contributed by atoms with van der Waals surface area (Å²) in [4.78, 5) is 13.8. The van der Waals surface area contributed by atoms with Crippen molar-refractivity contribution in [3.05, 3.63) is 30.0 Å². The summed E-state index contributed by atoms with van der Waals surface area (Å²) in [5.74, 6) is 1.66. The molecule has 0 aliphatic carbocycles. The zero-order valence-corrected chi connectivity index (χ0v) is 13.1. The van der Waals surface area contributed by atoms with E-state index >= 15 is 0 Å². The van der Waals surface area contributed by atoms with E-state index in [9.17, 15) is 0 Å². The maximum absolute atomic E-state index is 5.62. The van der Waals surface area contributed by atoms with E-state index in [-0.39, 0.29) is 6.10 Å². The van der Waals surface area contributed by atoms with Gasteiger partial charge in [0.05, 0.1) is 11.0 Å². The third-order valence-corrected chi connectivity index (χ3v) is 4.50. The zero-order valence-electron chi connectivity index (χ0n) is 12.3. The summed E-state index contributed by atoms with van der Waals surface area (Å²) < 4.78 is 11.0. The summed E-state index contributed by atoms with van der Waals surface area (Å²) in [6.07, 6.45) is 5.57. The Labute approximate surface area is 136 Å². The van der Waals surface area contributed by atoms with Crippen molar-refractivity contribution in [2.24, 2.45) is 0 Å². The van der Waals surface area contributed by atoms with Crippen molar-refractivity contribution in [3.8, 4) is 22.2 Å². The van der Waals surface area contributed by atoms with Crippen LogP contribution in [-0.4, -0.2) is 39.4 Å². The van der Waals surface area contributed by atoms with Gasteiger partial charge in [-0.1, -0.05) is 11.2 Å². The number of aromatic nitrogens is 4. The van der Waals surface area contributed by atoms with E-state index in [4.69, 9.17) is 9.26 Å². The highest BCUT2D eigenvalue weighted by atomic mass is 32.1. The molecule has 0 radical (unpaired) electrons. The fourth-order valence-electron chi connectivity index (χ4n) is 2.48. The van der Waals surface area contributed by atoms with Gasteiger partial charge in [-0.2, -0.15) is 4.98 Å². The molecule has 0 spiro atoms. The molecular formula is C15H15N5O2S. The Hall–Kier alpha value is -2.32. The standard InChI is InChI=1S/C15H15N5O2S/c1-3-10(21-5-1)7-17-13-11(8-16-9-18-13)15-19-14(20-22-15)12-4-2-6-23-12/h2,4,6,8-10H,1,3,5,7H2,(H,16,17,18)/t10-/m1/s1. The fourth-order valence-corrected chi connectivity index (χ4v) is 3.13. The Morgan fingerprint density at radius 1 is 1.39 bits per heavy atom. The molecular weight excluding hydrogens is 314 g/mol. The second kappa shape index (κ2) is 6.43. The van der Waals surface area contributed by atoms with Crippen LogP contribution in [0.25, 0.3) is 22.2 Å². The van der Waals surface area contributed by atoms with Crippen LogP contribution >= 0.6 is 11.3 Å². The summed E-state index contributed by atoms with van der Waals surface area (Å²) in [6, 6.07) is 3.91. The normalized spacial score (nSPS) is 17.5. The van der Waals surface area contributed by atoms with E-state index in [0.717, 1.165) is 24.3 Å². The van der Waals surface area contributed by atoms with Gasteiger partial charge in [0.15, 0.2) is 0 Å². The molecule has 1 fully saturated rings. The summed E-state index contributed by atoms with van der Waals surface area (Å²) >= 11 is 1.57. The van der Waals surface area contributed by atoms with Crippen molar-refractivity contribution in [1.82, 2.24) is 20.1 Å². The average molecular weight is 329 g/mol. The Balaban J connectivity index is 1.56. The molecule has 3 aromatic rings. The second-order valence-electron chi connectivity index (χ2n) is 5.20. The van der Waals surface area contributed by atoms with Gasteiger partial charge in [0.25, 0.3) is 5.89 Å². The first-order valence-corrected chi connectivity index (χ1v) is 8.31. The smallest absolute Gasteiger partial charge is 0.263 e. The average Bonchev–Trinajstić information content (AvgIpc) is 3.34. The van der Waals surface area contributed by atoms with Gasteiger partial charge < -0.3 is 14.6 Å². The fraction of sp³-hybridized carbons (Fsp3) is 0.333. The molecule has 0 unspecified atom stereocenters. The molecule has 23 heavy (non-hydrogen) atoms. The van der Waals surface area contributed by atoms with Gasteiger partial charge >= 0.3 is 0 Å². The summed E-state index contributed by atoms with van der Waals surface area (Å²) in [5.41, 5.74) is 0.695. The van der Waals surface area contributed by atoms with Crippen molar-refractivity contribution in [3.63, 3.8) is 0 Å². The summed E-state index contributed by atoms with van der Waals surface area (Å²) in [6.45, 7) is 1.53. The third-order valence-electron chi connectivity index (χ3n) is 3.63. The van der Waals surface area contributed by atoms with E-state index < -0.39 is 0 Å². The molecule has 1 N–H and O–H groups in total. The minimum Gasteiger partial charge on any atom is -0.376 e. The van der Waals surface area contributed by atoms with Gasteiger partial charge in [-0.15, -0.1) is 11.3 Å². The molecule has 1 saturated heterocycles. The molecule has 3 aromatic heterocycles. The van der Waals surface area contributed by atoms with E-state index in [2.05, 4.69) is 25.4 Å². The SMILES string of the molecule is c1csc(-c2noc(-c3cncnc3NC[C@H]3CCCO3)n2)c1. The highest BCUT2D eigenvalue weighted by Gasteiger charge is 2.19. The van der Waals surface area contributed by atoms with Crippen molar-refractivity contribution in [2.45, 2.75) is 18.9 Å². The van der Waals surface area contributed by atoms with Crippen LogP contribution in [0.15, 0.2) is 34.6 Å². The van der Waals surface area contributed by atoms with Crippen molar-refractivity contribution >= 4 is 17.2 Å². The first kappa shape index (κ1) is 14.3. The van der Waals surface area contributed by atoms with E-state index in [0.29, 0.717) is 29.6 Å². The van der Waals surface area contributed by atoms with Crippen LogP contribution in [0.4, 0.5) is 5.82 Å². The molecule has 4 rings (SSSR count).